The fourth-order valence-corrected chi connectivity index (χ4v) is 2.93. The average molecular weight is 270 g/mol. The van der Waals surface area contributed by atoms with Gasteiger partial charge < -0.3 is 10.6 Å². The lowest BCUT2D eigenvalue weighted by Gasteiger charge is -2.26. The van der Waals surface area contributed by atoms with Gasteiger partial charge in [-0.1, -0.05) is 24.3 Å². The lowest BCUT2D eigenvalue weighted by Crippen LogP contribution is -2.25. The minimum absolute atomic E-state index is 0.151. The van der Waals surface area contributed by atoms with E-state index in [0.29, 0.717) is 5.69 Å². The largest absolute Gasteiger partial charge is 0.336 e. The number of anilines is 2. The van der Waals surface area contributed by atoms with Crippen LogP contribution in [0.25, 0.3) is 0 Å². The highest BCUT2D eigenvalue weighted by Gasteiger charge is 2.28. The van der Waals surface area contributed by atoms with E-state index < -0.39 is 0 Å². The maximum absolute atomic E-state index is 14.4. The van der Waals surface area contributed by atoms with Gasteiger partial charge >= 0.3 is 0 Å². The van der Waals surface area contributed by atoms with Crippen molar-refractivity contribution in [3.8, 4) is 0 Å². The monoisotopic (exact) mass is 270 g/mol. The maximum Gasteiger partial charge on any atom is 0.147 e. The lowest BCUT2D eigenvalue weighted by molar-refractivity contribution is 0.613. The molecule has 2 aromatic carbocycles. The molecule has 2 N–H and O–H groups in total. The zero-order valence-corrected chi connectivity index (χ0v) is 11.8. The van der Waals surface area contributed by atoms with E-state index in [-0.39, 0.29) is 17.9 Å². The van der Waals surface area contributed by atoms with Crippen molar-refractivity contribution >= 4 is 11.4 Å². The minimum Gasteiger partial charge on any atom is -0.336 e. The number of halogens is 1. The van der Waals surface area contributed by atoms with Gasteiger partial charge in [-0.2, -0.15) is 0 Å². The Bertz CT molecular complexity index is 637. The standard InChI is InChI=1S/C17H19FN2/c1-11-9-14-5-3-4-6-16(14)20(11)17-8-7-13(12(2)19)10-15(17)18/h3-8,10-12H,9,19H2,1-2H3. The van der Waals surface area contributed by atoms with Crippen LogP contribution in [0.2, 0.25) is 0 Å². The van der Waals surface area contributed by atoms with E-state index in [1.807, 2.05) is 31.2 Å². The Morgan fingerprint density at radius 2 is 1.95 bits per heavy atom. The molecule has 2 aromatic rings. The molecule has 0 fully saturated rings. The van der Waals surface area contributed by atoms with Crippen molar-refractivity contribution in [2.24, 2.45) is 5.73 Å². The van der Waals surface area contributed by atoms with Crippen molar-refractivity contribution in [3.63, 3.8) is 0 Å². The van der Waals surface area contributed by atoms with Crippen LogP contribution in [0.5, 0.6) is 0 Å². The van der Waals surface area contributed by atoms with Crippen LogP contribution < -0.4 is 10.6 Å². The molecule has 0 amide bonds. The van der Waals surface area contributed by atoms with Gasteiger partial charge in [-0.25, -0.2) is 4.39 Å². The maximum atomic E-state index is 14.4. The molecule has 104 valence electrons. The smallest absolute Gasteiger partial charge is 0.147 e. The fraction of sp³-hybridized carbons (Fsp3) is 0.294. The highest BCUT2D eigenvalue weighted by molar-refractivity contribution is 5.71. The van der Waals surface area contributed by atoms with Gasteiger partial charge in [0.2, 0.25) is 0 Å². The van der Waals surface area contributed by atoms with E-state index in [2.05, 4.69) is 24.0 Å². The van der Waals surface area contributed by atoms with Gasteiger partial charge in [-0.3, -0.25) is 0 Å². The molecule has 0 saturated carbocycles. The predicted molar refractivity (Wildman–Crippen MR) is 80.7 cm³/mol. The number of benzene rings is 2. The summed E-state index contributed by atoms with van der Waals surface area (Å²) in [5, 5.41) is 0. The van der Waals surface area contributed by atoms with Crippen LogP contribution in [0.15, 0.2) is 42.5 Å². The van der Waals surface area contributed by atoms with Crippen molar-refractivity contribution in [1.82, 2.24) is 0 Å². The van der Waals surface area contributed by atoms with E-state index in [9.17, 15) is 4.39 Å². The molecule has 0 aliphatic carbocycles. The molecule has 3 heteroatoms. The van der Waals surface area contributed by atoms with Crippen LogP contribution in [0.3, 0.4) is 0 Å². The molecule has 2 nitrogen and oxygen atoms in total. The first-order valence-corrected chi connectivity index (χ1v) is 7.00. The van der Waals surface area contributed by atoms with Crippen LogP contribution >= 0.6 is 0 Å². The first kappa shape index (κ1) is 13.1. The highest BCUT2D eigenvalue weighted by Crippen LogP contribution is 2.39. The molecule has 20 heavy (non-hydrogen) atoms. The van der Waals surface area contributed by atoms with Crippen LogP contribution in [0, 0.1) is 5.82 Å². The molecule has 2 atom stereocenters. The summed E-state index contributed by atoms with van der Waals surface area (Å²) in [5.74, 6) is -0.205. The Morgan fingerprint density at radius 1 is 1.20 bits per heavy atom. The second-order valence-electron chi connectivity index (χ2n) is 5.55. The first-order valence-electron chi connectivity index (χ1n) is 7.00. The zero-order valence-electron chi connectivity index (χ0n) is 11.8. The van der Waals surface area contributed by atoms with Crippen molar-refractivity contribution in [3.05, 3.63) is 59.4 Å². The number of nitrogens with two attached hydrogens (primary N) is 1. The number of hydrogen-bond acceptors (Lipinski definition) is 2. The van der Waals surface area contributed by atoms with Crippen LogP contribution in [0.4, 0.5) is 15.8 Å². The molecule has 1 aliphatic heterocycles. The highest BCUT2D eigenvalue weighted by atomic mass is 19.1. The Kier molecular flexibility index (Phi) is 3.22. The van der Waals surface area contributed by atoms with Gasteiger partial charge in [-0.15, -0.1) is 0 Å². The molecule has 0 aromatic heterocycles. The second-order valence-corrected chi connectivity index (χ2v) is 5.55. The second kappa shape index (κ2) is 4.91. The van der Waals surface area contributed by atoms with Gasteiger partial charge in [0.05, 0.1) is 5.69 Å². The zero-order chi connectivity index (χ0) is 14.3. The summed E-state index contributed by atoms with van der Waals surface area (Å²) in [4.78, 5) is 2.08. The quantitative estimate of drug-likeness (QED) is 0.896. The third-order valence-corrected chi connectivity index (χ3v) is 3.96. The van der Waals surface area contributed by atoms with Gasteiger partial charge in [-0.05, 0) is 49.6 Å². The van der Waals surface area contributed by atoms with Gasteiger partial charge in [0, 0.05) is 17.8 Å². The van der Waals surface area contributed by atoms with Crippen molar-refractivity contribution in [1.29, 1.82) is 0 Å². The molecular weight excluding hydrogens is 251 g/mol. The van der Waals surface area contributed by atoms with Crippen molar-refractivity contribution < 1.29 is 4.39 Å². The third kappa shape index (κ3) is 2.08. The van der Waals surface area contributed by atoms with Gasteiger partial charge in [0.1, 0.15) is 5.82 Å². The summed E-state index contributed by atoms with van der Waals surface area (Å²) in [6, 6.07) is 13.6. The molecule has 0 bridgehead atoms. The number of para-hydroxylation sites is 1. The number of fused-ring (bicyclic) bond motifs is 1. The Hall–Kier alpha value is -1.87. The summed E-state index contributed by atoms with van der Waals surface area (Å²) in [5.41, 5.74) is 9.64. The Labute approximate surface area is 119 Å². The van der Waals surface area contributed by atoms with E-state index in [1.54, 1.807) is 6.07 Å². The van der Waals surface area contributed by atoms with E-state index >= 15 is 0 Å². The summed E-state index contributed by atoms with van der Waals surface area (Å²) in [6.07, 6.45) is 0.949. The van der Waals surface area contributed by atoms with E-state index in [1.165, 1.54) is 5.56 Å². The van der Waals surface area contributed by atoms with Crippen LogP contribution in [0.1, 0.15) is 31.0 Å². The SMILES string of the molecule is CC(N)c1ccc(N2c3ccccc3CC2C)c(F)c1. The summed E-state index contributed by atoms with van der Waals surface area (Å²) >= 11 is 0. The van der Waals surface area contributed by atoms with Gasteiger partial charge in [0.15, 0.2) is 0 Å². The third-order valence-electron chi connectivity index (χ3n) is 3.96. The molecule has 2 unspecified atom stereocenters. The molecule has 0 radical (unpaired) electrons. The molecule has 1 aliphatic rings. The predicted octanol–water partition coefficient (Wildman–Crippen LogP) is 3.93. The summed E-state index contributed by atoms with van der Waals surface area (Å²) in [7, 11) is 0. The normalized spacial score (nSPS) is 19.0. The number of rotatable bonds is 2. The van der Waals surface area contributed by atoms with E-state index in [0.717, 1.165) is 17.7 Å². The topological polar surface area (TPSA) is 29.3 Å². The molecule has 0 saturated heterocycles. The number of nitrogens with zero attached hydrogens (tertiary/aromatic N) is 1. The molecule has 1 heterocycles. The van der Waals surface area contributed by atoms with Crippen molar-refractivity contribution in [2.75, 3.05) is 4.90 Å². The molecule has 3 rings (SSSR count). The minimum atomic E-state index is -0.205. The molecule has 0 spiro atoms. The molecular formula is C17H19FN2. The lowest BCUT2D eigenvalue weighted by atomic mass is 10.1. The van der Waals surface area contributed by atoms with E-state index in [4.69, 9.17) is 5.73 Å². The summed E-state index contributed by atoms with van der Waals surface area (Å²) in [6.45, 7) is 3.99. The Balaban J connectivity index is 2.05. The fourth-order valence-electron chi connectivity index (χ4n) is 2.93. The number of hydrogen-bond donors (Lipinski definition) is 1. The van der Waals surface area contributed by atoms with Crippen molar-refractivity contribution in [2.45, 2.75) is 32.4 Å². The summed E-state index contributed by atoms with van der Waals surface area (Å²) < 4.78 is 14.4. The Morgan fingerprint density at radius 3 is 2.65 bits per heavy atom. The van der Waals surface area contributed by atoms with Crippen LogP contribution in [-0.2, 0) is 6.42 Å². The van der Waals surface area contributed by atoms with Gasteiger partial charge in [0.25, 0.3) is 0 Å². The average Bonchev–Trinajstić information content (AvgIpc) is 2.74. The van der Waals surface area contributed by atoms with Crippen LogP contribution in [-0.4, -0.2) is 6.04 Å². The first-order chi connectivity index (χ1) is 9.58.